The van der Waals surface area contributed by atoms with Crippen molar-refractivity contribution in [3.05, 3.63) is 30.3 Å². The van der Waals surface area contributed by atoms with Crippen LogP contribution >= 0.6 is 0 Å². The number of anilines is 1. The SMILES string of the molecule is CC(C)(O)CCN1CCN(c2ccccc2)CC1. The zero-order valence-electron chi connectivity index (χ0n) is 11.5. The summed E-state index contributed by atoms with van der Waals surface area (Å²) in [5, 5.41) is 9.74. The first-order valence-corrected chi connectivity index (χ1v) is 6.79. The monoisotopic (exact) mass is 248 g/mol. The van der Waals surface area contributed by atoms with Crippen LogP contribution in [-0.4, -0.2) is 48.3 Å². The maximum Gasteiger partial charge on any atom is 0.0603 e. The normalized spacial score (nSPS) is 18.1. The van der Waals surface area contributed by atoms with Crippen LogP contribution in [0.4, 0.5) is 5.69 Å². The minimum absolute atomic E-state index is 0.545. The smallest absolute Gasteiger partial charge is 0.0603 e. The molecule has 3 nitrogen and oxygen atoms in total. The molecule has 0 bridgehead atoms. The Balaban J connectivity index is 1.78. The summed E-state index contributed by atoms with van der Waals surface area (Å²) in [6.45, 7) is 9.09. The zero-order valence-corrected chi connectivity index (χ0v) is 11.5. The zero-order chi connectivity index (χ0) is 13.0. The summed E-state index contributed by atoms with van der Waals surface area (Å²) in [4.78, 5) is 4.87. The second-order valence-electron chi connectivity index (χ2n) is 5.73. The molecule has 1 aromatic carbocycles. The lowest BCUT2D eigenvalue weighted by Gasteiger charge is -2.37. The topological polar surface area (TPSA) is 26.7 Å². The molecule has 1 saturated heterocycles. The van der Waals surface area contributed by atoms with Gasteiger partial charge in [0.2, 0.25) is 0 Å². The molecule has 1 aromatic rings. The highest BCUT2D eigenvalue weighted by Crippen LogP contribution is 2.16. The first kappa shape index (κ1) is 13.4. The van der Waals surface area contributed by atoms with Crippen molar-refractivity contribution < 1.29 is 5.11 Å². The largest absolute Gasteiger partial charge is 0.390 e. The van der Waals surface area contributed by atoms with Crippen molar-refractivity contribution in [2.45, 2.75) is 25.9 Å². The van der Waals surface area contributed by atoms with E-state index in [1.165, 1.54) is 5.69 Å². The summed E-state index contributed by atoms with van der Waals surface area (Å²) in [5.41, 5.74) is 0.774. The van der Waals surface area contributed by atoms with Gasteiger partial charge >= 0.3 is 0 Å². The average Bonchev–Trinajstić information content (AvgIpc) is 2.37. The van der Waals surface area contributed by atoms with Gasteiger partial charge in [-0.2, -0.15) is 0 Å². The van der Waals surface area contributed by atoms with E-state index in [-0.39, 0.29) is 0 Å². The second kappa shape index (κ2) is 5.72. The highest BCUT2D eigenvalue weighted by molar-refractivity contribution is 5.46. The van der Waals surface area contributed by atoms with E-state index in [2.05, 4.69) is 40.1 Å². The van der Waals surface area contributed by atoms with Crippen molar-refractivity contribution in [3.63, 3.8) is 0 Å². The molecule has 0 unspecified atom stereocenters. The average molecular weight is 248 g/mol. The Morgan fingerprint density at radius 1 is 1.06 bits per heavy atom. The van der Waals surface area contributed by atoms with Crippen molar-refractivity contribution in [2.75, 3.05) is 37.6 Å². The van der Waals surface area contributed by atoms with E-state index in [9.17, 15) is 5.11 Å². The summed E-state index contributed by atoms with van der Waals surface area (Å²) in [7, 11) is 0. The van der Waals surface area contributed by atoms with Crippen molar-refractivity contribution in [1.82, 2.24) is 4.90 Å². The lowest BCUT2D eigenvalue weighted by atomic mass is 10.1. The van der Waals surface area contributed by atoms with E-state index < -0.39 is 5.60 Å². The van der Waals surface area contributed by atoms with Gasteiger partial charge in [-0.25, -0.2) is 0 Å². The van der Waals surface area contributed by atoms with Gasteiger partial charge in [-0.1, -0.05) is 18.2 Å². The van der Waals surface area contributed by atoms with E-state index in [1.54, 1.807) is 0 Å². The lowest BCUT2D eigenvalue weighted by Crippen LogP contribution is -2.47. The van der Waals surface area contributed by atoms with Crippen LogP contribution in [-0.2, 0) is 0 Å². The van der Waals surface area contributed by atoms with Gasteiger partial charge in [-0.15, -0.1) is 0 Å². The van der Waals surface area contributed by atoms with Crippen LogP contribution in [0.15, 0.2) is 30.3 Å². The van der Waals surface area contributed by atoms with Crippen LogP contribution in [0.1, 0.15) is 20.3 Å². The van der Waals surface area contributed by atoms with Gasteiger partial charge in [0.15, 0.2) is 0 Å². The summed E-state index contributed by atoms with van der Waals surface area (Å²) in [6, 6.07) is 10.6. The van der Waals surface area contributed by atoms with Crippen LogP contribution in [0.2, 0.25) is 0 Å². The maximum atomic E-state index is 9.74. The highest BCUT2D eigenvalue weighted by Gasteiger charge is 2.19. The van der Waals surface area contributed by atoms with Crippen molar-refractivity contribution in [2.24, 2.45) is 0 Å². The minimum Gasteiger partial charge on any atom is -0.390 e. The van der Waals surface area contributed by atoms with Crippen molar-refractivity contribution in [1.29, 1.82) is 0 Å². The fraction of sp³-hybridized carbons (Fsp3) is 0.600. The van der Waals surface area contributed by atoms with E-state index in [0.29, 0.717) is 0 Å². The third-order valence-corrected chi connectivity index (χ3v) is 3.53. The number of rotatable bonds is 4. The first-order chi connectivity index (χ1) is 8.54. The number of benzene rings is 1. The molecular formula is C15H24N2O. The first-order valence-electron chi connectivity index (χ1n) is 6.79. The van der Waals surface area contributed by atoms with Gasteiger partial charge in [0.05, 0.1) is 5.60 Å². The molecule has 0 amide bonds. The molecule has 0 saturated carbocycles. The van der Waals surface area contributed by atoms with Crippen LogP contribution < -0.4 is 4.90 Å². The molecule has 1 aliphatic heterocycles. The summed E-state index contributed by atoms with van der Waals surface area (Å²) >= 11 is 0. The molecule has 1 N–H and O–H groups in total. The number of piperazine rings is 1. The number of hydrogen-bond acceptors (Lipinski definition) is 3. The van der Waals surface area contributed by atoms with E-state index in [0.717, 1.165) is 39.1 Å². The third kappa shape index (κ3) is 4.00. The summed E-state index contributed by atoms with van der Waals surface area (Å²) < 4.78 is 0. The van der Waals surface area contributed by atoms with Gasteiger partial charge in [0, 0.05) is 38.4 Å². The maximum absolute atomic E-state index is 9.74. The Kier molecular flexibility index (Phi) is 4.25. The van der Waals surface area contributed by atoms with Gasteiger partial charge < -0.3 is 10.0 Å². The third-order valence-electron chi connectivity index (χ3n) is 3.53. The Morgan fingerprint density at radius 2 is 1.67 bits per heavy atom. The molecule has 0 atom stereocenters. The van der Waals surface area contributed by atoms with E-state index >= 15 is 0 Å². The molecule has 2 rings (SSSR count). The molecule has 1 aliphatic rings. The molecule has 18 heavy (non-hydrogen) atoms. The Morgan fingerprint density at radius 3 is 2.22 bits per heavy atom. The fourth-order valence-electron chi connectivity index (χ4n) is 2.30. The standard InChI is InChI=1S/C15H24N2O/c1-15(2,18)8-9-16-10-12-17(13-11-16)14-6-4-3-5-7-14/h3-7,18H,8-13H2,1-2H3. The lowest BCUT2D eigenvalue weighted by molar-refractivity contribution is 0.0569. The van der Waals surface area contributed by atoms with Gasteiger partial charge in [-0.05, 0) is 32.4 Å². The molecule has 1 fully saturated rings. The van der Waals surface area contributed by atoms with Crippen molar-refractivity contribution in [3.8, 4) is 0 Å². The number of aliphatic hydroxyl groups is 1. The number of nitrogens with zero attached hydrogens (tertiary/aromatic N) is 2. The Hall–Kier alpha value is -1.06. The Labute approximate surface area is 110 Å². The molecule has 0 radical (unpaired) electrons. The molecule has 100 valence electrons. The van der Waals surface area contributed by atoms with Gasteiger partial charge in [0.25, 0.3) is 0 Å². The van der Waals surface area contributed by atoms with Crippen LogP contribution in [0.3, 0.4) is 0 Å². The molecule has 0 aliphatic carbocycles. The van der Waals surface area contributed by atoms with Crippen LogP contribution in [0, 0.1) is 0 Å². The summed E-state index contributed by atoms with van der Waals surface area (Å²) in [5.74, 6) is 0. The molecule has 3 heteroatoms. The summed E-state index contributed by atoms with van der Waals surface area (Å²) in [6.07, 6.45) is 0.846. The van der Waals surface area contributed by atoms with E-state index in [4.69, 9.17) is 0 Å². The van der Waals surface area contributed by atoms with Gasteiger partial charge in [0.1, 0.15) is 0 Å². The molecule has 1 heterocycles. The predicted octanol–water partition coefficient (Wildman–Crippen LogP) is 1.97. The van der Waals surface area contributed by atoms with E-state index in [1.807, 2.05) is 13.8 Å². The molecular weight excluding hydrogens is 224 g/mol. The van der Waals surface area contributed by atoms with Crippen molar-refractivity contribution >= 4 is 5.69 Å². The molecule has 0 aromatic heterocycles. The fourth-order valence-corrected chi connectivity index (χ4v) is 2.30. The number of para-hydroxylation sites is 1. The molecule has 0 spiro atoms. The quantitative estimate of drug-likeness (QED) is 0.882. The highest BCUT2D eigenvalue weighted by atomic mass is 16.3. The predicted molar refractivity (Wildman–Crippen MR) is 76.0 cm³/mol. The minimum atomic E-state index is -0.545. The Bertz CT molecular complexity index is 351. The van der Waals surface area contributed by atoms with Crippen LogP contribution in [0.25, 0.3) is 0 Å². The van der Waals surface area contributed by atoms with Gasteiger partial charge in [-0.3, -0.25) is 4.90 Å². The van der Waals surface area contributed by atoms with Crippen LogP contribution in [0.5, 0.6) is 0 Å². The number of hydrogen-bond donors (Lipinski definition) is 1. The second-order valence-corrected chi connectivity index (χ2v) is 5.73.